The van der Waals surface area contributed by atoms with E-state index >= 15 is 0 Å². The molecule has 1 N–H and O–H groups in total. The molecule has 1 aromatic carbocycles. The Kier molecular flexibility index (Phi) is 5.55. The second kappa shape index (κ2) is 7.40. The van der Waals surface area contributed by atoms with Crippen LogP contribution in [0.4, 0.5) is 5.69 Å². The highest BCUT2D eigenvalue weighted by molar-refractivity contribution is 5.96. The Morgan fingerprint density at radius 2 is 1.91 bits per heavy atom. The van der Waals surface area contributed by atoms with E-state index < -0.39 is 0 Å². The number of anilines is 1. The Labute approximate surface area is 132 Å². The molecule has 5 heteroatoms. The zero-order valence-corrected chi connectivity index (χ0v) is 13.6. The molecule has 0 bridgehead atoms. The van der Waals surface area contributed by atoms with Gasteiger partial charge in [-0.15, -0.1) is 0 Å². The number of nitrogens with zero attached hydrogens (tertiary/aromatic N) is 2. The summed E-state index contributed by atoms with van der Waals surface area (Å²) in [6.07, 6.45) is 3.58. The zero-order valence-electron chi connectivity index (χ0n) is 13.6. The van der Waals surface area contributed by atoms with Gasteiger partial charge in [-0.2, -0.15) is 0 Å². The van der Waals surface area contributed by atoms with Crippen LogP contribution in [-0.2, 0) is 4.79 Å². The van der Waals surface area contributed by atoms with Gasteiger partial charge in [0.25, 0.3) is 5.91 Å². The molecule has 1 saturated heterocycles. The zero-order chi connectivity index (χ0) is 16.1. The van der Waals surface area contributed by atoms with Crippen molar-refractivity contribution in [1.29, 1.82) is 0 Å². The lowest BCUT2D eigenvalue weighted by atomic mass is 10.0. The molecule has 1 aromatic rings. The third-order valence-corrected chi connectivity index (χ3v) is 4.11. The molecule has 2 rings (SSSR count). The highest BCUT2D eigenvalue weighted by Gasteiger charge is 2.20. The maximum atomic E-state index is 12.1. The lowest BCUT2D eigenvalue weighted by Crippen LogP contribution is -2.42. The Bertz CT molecular complexity index is 525. The summed E-state index contributed by atoms with van der Waals surface area (Å²) in [5.41, 5.74) is 1.35. The van der Waals surface area contributed by atoms with Gasteiger partial charge in [0.2, 0.25) is 5.91 Å². The number of nitrogens with one attached hydrogen (secondary N) is 1. The summed E-state index contributed by atoms with van der Waals surface area (Å²) in [5.74, 6) is -0.0412. The minimum atomic E-state index is -0.0416. The number of likely N-dealkylation sites (tertiary alicyclic amines) is 1. The van der Waals surface area contributed by atoms with Gasteiger partial charge in [-0.05, 0) is 50.6 Å². The SMILES string of the molecule is C[C@H]1CCCCN1CC(=O)Nc1ccc(C(=O)N(C)C)cc1. The summed E-state index contributed by atoms with van der Waals surface area (Å²) >= 11 is 0. The third kappa shape index (κ3) is 4.31. The maximum Gasteiger partial charge on any atom is 0.253 e. The number of amides is 2. The van der Waals surface area contributed by atoms with Crippen molar-refractivity contribution in [2.45, 2.75) is 32.2 Å². The number of carbonyl (C=O) groups is 2. The topological polar surface area (TPSA) is 52.7 Å². The van der Waals surface area contributed by atoms with Crippen LogP contribution >= 0.6 is 0 Å². The van der Waals surface area contributed by atoms with Crippen LogP contribution in [0, 0.1) is 0 Å². The number of carbonyl (C=O) groups excluding carboxylic acids is 2. The molecule has 2 amide bonds. The fourth-order valence-corrected chi connectivity index (χ4v) is 2.73. The molecule has 0 spiro atoms. The maximum absolute atomic E-state index is 12.1. The second-order valence-electron chi connectivity index (χ2n) is 6.14. The Balaban J connectivity index is 1.90. The van der Waals surface area contributed by atoms with Crippen LogP contribution in [0.15, 0.2) is 24.3 Å². The van der Waals surface area contributed by atoms with Crippen LogP contribution in [0.5, 0.6) is 0 Å². The van der Waals surface area contributed by atoms with Crippen molar-refractivity contribution in [3.8, 4) is 0 Å². The number of rotatable bonds is 4. The van der Waals surface area contributed by atoms with Crippen molar-refractivity contribution in [3.63, 3.8) is 0 Å². The second-order valence-corrected chi connectivity index (χ2v) is 6.14. The molecule has 1 fully saturated rings. The van der Waals surface area contributed by atoms with Crippen molar-refractivity contribution in [3.05, 3.63) is 29.8 Å². The van der Waals surface area contributed by atoms with Crippen LogP contribution in [0.2, 0.25) is 0 Å². The van der Waals surface area contributed by atoms with Gasteiger partial charge in [-0.3, -0.25) is 14.5 Å². The molecule has 1 aliphatic heterocycles. The first-order valence-corrected chi connectivity index (χ1v) is 7.83. The van der Waals surface area contributed by atoms with Crippen LogP contribution < -0.4 is 5.32 Å². The van der Waals surface area contributed by atoms with E-state index in [-0.39, 0.29) is 11.8 Å². The van der Waals surface area contributed by atoms with E-state index in [1.165, 1.54) is 17.7 Å². The molecule has 0 aliphatic carbocycles. The average molecular weight is 303 g/mol. The van der Waals surface area contributed by atoms with E-state index in [2.05, 4.69) is 17.1 Å². The molecule has 5 nitrogen and oxygen atoms in total. The van der Waals surface area contributed by atoms with Gasteiger partial charge < -0.3 is 10.2 Å². The standard InChI is InChI=1S/C17H25N3O2/c1-13-6-4-5-11-20(13)12-16(21)18-15-9-7-14(8-10-15)17(22)19(2)3/h7-10,13H,4-6,11-12H2,1-3H3,(H,18,21)/t13-/m0/s1. The van der Waals surface area contributed by atoms with E-state index in [0.29, 0.717) is 18.2 Å². The molecule has 1 aliphatic rings. The number of benzene rings is 1. The minimum Gasteiger partial charge on any atom is -0.345 e. The molecule has 0 radical (unpaired) electrons. The van der Waals surface area contributed by atoms with Gasteiger partial charge in [0.1, 0.15) is 0 Å². The van der Waals surface area contributed by atoms with Crippen molar-refractivity contribution < 1.29 is 9.59 Å². The fourth-order valence-electron chi connectivity index (χ4n) is 2.73. The Morgan fingerprint density at radius 1 is 1.23 bits per heavy atom. The number of piperidine rings is 1. The number of hydrogen-bond acceptors (Lipinski definition) is 3. The fraction of sp³-hybridized carbons (Fsp3) is 0.529. The van der Waals surface area contributed by atoms with Crippen molar-refractivity contribution in [2.24, 2.45) is 0 Å². The molecule has 120 valence electrons. The van der Waals surface area contributed by atoms with Crippen LogP contribution in [0.1, 0.15) is 36.5 Å². The molecule has 0 unspecified atom stereocenters. The van der Waals surface area contributed by atoms with Gasteiger partial charge in [0.05, 0.1) is 6.54 Å². The summed E-state index contributed by atoms with van der Waals surface area (Å²) in [6, 6.07) is 7.49. The normalized spacial score (nSPS) is 18.8. The van der Waals surface area contributed by atoms with Crippen molar-refractivity contribution in [2.75, 3.05) is 32.5 Å². The molecule has 1 atom stereocenters. The van der Waals surface area contributed by atoms with Gasteiger partial charge >= 0.3 is 0 Å². The predicted molar refractivity (Wildman–Crippen MR) is 88.0 cm³/mol. The van der Waals surface area contributed by atoms with E-state index in [0.717, 1.165) is 18.7 Å². The summed E-state index contributed by atoms with van der Waals surface area (Å²) in [4.78, 5) is 27.7. The van der Waals surface area contributed by atoms with Crippen LogP contribution in [-0.4, -0.2) is 54.8 Å². The Morgan fingerprint density at radius 3 is 2.50 bits per heavy atom. The van der Waals surface area contributed by atoms with Gasteiger partial charge in [0.15, 0.2) is 0 Å². The molecular weight excluding hydrogens is 278 g/mol. The molecule has 22 heavy (non-hydrogen) atoms. The monoisotopic (exact) mass is 303 g/mol. The summed E-state index contributed by atoms with van der Waals surface area (Å²) < 4.78 is 0. The smallest absolute Gasteiger partial charge is 0.253 e. The lowest BCUT2D eigenvalue weighted by molar-refractivity contribution is -0.118. The lowest BCUT2D eigenvalue weighted by Gasteiger charge is -2.32. The molecule has 0 saturated carbocycles. The summed E-state index contributed by atoms with van der Waals surface area (Å²) in [7, 11) is 3.44. The van der Waals surface area contributed by atoms with Gasteiger partial charge in [0, 0.05) is 31.4 Å². The summed E-state index contributed by atoms with van der Waals surface area (Å²) in [6.45, 7) is 3.60. The van der Waals surface area contributed by atoms with Crippen molar-refractivity contribution >= 4 is 17.5 Å². The van der Waals surface area contributed by atoms with Gasteiger partial charge in [-0.25, -0.2) is 0 Å². The highest BCUT2D eigenvalue weighted by atomic mass is 16.2. The molecule has 1 heterocycles. The average Bonchev–Trinajstić information content (AvgIpc) is 2.49. The van der Waals surface area contributed by atoms with Gasteiger partial charge in [-0.1, -0.05) is 6.42 Å². The third-order valence-electron chi connectivity index (χ3n) is 4.11. The first-order valence-electron chi connectivity index (χ1n) is 7.83. The largest absolute Gasteiger partial charge is 0.345 e. The first kappa shape index (κ1) is 16.5. The van der Waals surface area contributed by atoms with E-state index in [1.807, 2.05) is 0 Å². The molecule has 0 aromatic heterocycles. The number of hydrogen-bond donors (Lipinski definition) is 1. The minimum absolute atomic E-state index is 0.000404. The van der Waals surface area contributed by atoms with E-state index in [1.54, 1.807) is 38.4 Å². The van der Waals surface area contributed by atoms with Crippen LogP contribution in [0.3, 0.4) is 0 Å². The highest BCUT2D eigenvalue weighted by Crippen LogP contribution is 2.16. The Hall–Kier alpha value is -1.88. The predicted octanol–water partition coefficient (Wildman–Crippen LogP) is 2.20. The molecular formula is C17H25N3O2. The first-order chi connectivity index (χ1) is 10.5. The van der Waals surface area contributed by atoms with Crippen LogP contribution in [0.25, 0.3) is 0 Å². The summed E-state index contributed by atoms with van der Waals surface area (Å²) in [5, 5.41) is 2.90. The van der Waals surface area contributed by atoms with E-state index in [4.69, 9.17) is 0 Å². The van der Waals surface area contributed by atoms with E-state index in [9.17, 15) is 9.59 Å². The quantitative estimate of drug-likeness (QED) is 0.928. The van der Waals surface area contributed by atoms with Crippen molar-refractivity contribution in [1.82, 2.24) is 9.80 Å².